The van der Waals surface area contributed by atoms with Gasteiger partial charge in [-0.1, -0.05) is 25.2 Å². The Balaban J connectivity index is 1.46. The Morgan fingerprint density at radius 1 is 1.15 bits per heavy atom. The number of methoxy groups -OCH3 is 1. The fraction of sp³-hybridized carbons (Fsp3) is 0.526. The molecule has 2 heterocycles. The van der Waals surface area contributed by atoms with Crippen molar-refractivity contribution in [1.82, 2.24) is 25.2 Å². The molecular formula is C38H49N5O10S. The second kappa shape index (κ2) is 15.8. The average Bonchev–Trinajstić information content (AvgIpc) is 4.03. The Labute approximate surface area is 315 Å². The molecule has 5 rings (SSSR count). The van der Waals surface area contributed by atoms with Gasteiger partial charge in [-0.15, -0.1) is 6.58 Å². The fourth-order valence-electron chi connectivity index (χ4n) is 6.53. The highest BCUT2D eigenvalue weighted by Gasteiger charge is 2.62. The number of hydrogen-bond donors (Lipinski definition) is 3. The zero-order valence-corrected chi connectivity index (χ0v) is 32.2. The molecule has 2 saturated carbocycles. The molecule has 3 aliphatic rings. The van der Waals surface area contributed by atoms with Crippen molar-refractivity contribution in [3.8, 4) is 11.6 Å². The van der Waals surface area contributed by atoms with E-state index in [1.54, 1.807) is 78.3 Å². The number of ketones is 1. The maximum atomic E-state index is 14.5. The molecule has 15 nitrogen and oxygen atoms in total. The molecule has 0 radical (unpaired) electrons. The van der Waals surface area contributed by atoms with Gasteiger partial charge >= 0.3 is 6.09 Å². The maximum absolute atomic E-state index is 14.5. The highest BCUT2D eigenvalue weighted by atomic mass is 32.2. The SMILES string of the molecule is C=CC1CC1(NC(=O)C1CC(Oc2nccc3cc(OC)ccc23)CN1C(=O)C(CC(=O)C(C)/C=C/C)NC(=O)OC(C)(C)C)C(=O)NS(=O)(=O)C1CC1. The summed E-state index contributed by atoms with van der Waals surface area (Å²) in [5.74, 6) is -3.03. The van der Waals surface area contributed by atoms with Crippen LogP contribution in [0.2, 0.25) is 0 Å². The molecule has 292 valence electrons. The lowest BCUT2D eigenvalue weighted by Crippen LogP contribution is -2.58. The summed E-state index contributed by atoms with van der Waals surface area (Å²) >= 11 is 0. The molecule has 2 aliphatic carbocycles. The molecule has 16 heteroatoms. The van der Waals surface area contributed by atoms with Gasteiger partial charge in [0.15, 0.2) is 0 Å². The topological polar surface area (TPSA) is 199 Å². The highest BCUT2D eigenvalue weighted by molar-refractivity contribution is 7.91. The van der Waals surface area contributed by atoms with Crippen LogP contribution in [-0.4, -0.2) is 96.1 Å². The Kier molecular flexibility index (Phi) is 11.7. The van der Waals surface area contributed by atoms with E-state index in [0.717, 1.165) is 5.39 Å². The number of likely N-dealkylation sites (tertiary alicyclic amines) is 1. The van der Waals surface area contributed by atoms with Crippen LogP contribution in [0.1, 0.15) is 66.7 Å². The largest absolute Gasteiger partial charge is 0.497 e. The second-order valence-corrected chi connectivity index (χ2v) is 17.0. The summed E-state index contributed by atoms with van der Waals surface area (Å²) in [5.41, 5.74) is -2.53. The van der Waals surface area contributed by atoms with Gasteiger partial charge in [-0.25, -0.2) is 18.2 Å². The third-order valence-corrected chi connectivity index (χ3v) is 11.5. The molecule has 4 amide bonds. The minimum absolute atomic E-state index is 0.0648. The Hall–Kier alpha value is -4.99. The van der Waals surface area contributed by atoms with E-state index in [-0.39, 0.29) is 31.0 Å². The van der Waals surface area contributed by atoms with Gasteiger partial charge in [0, 0.05) is 36.3 Å². The third kappa shape index (κ3) is 9.20. The van der Waals surface area contributed by atoms with Crippen molar-refractivity contribution in [3.63, 3.8) is 0 Å². The lowest BCUT2D eigenvalue weighted by Gasteiger charge is -2.30. The van der Waals surface area contributed by atoms with Crippen LogP contribution in [0.15, 0.2) is 55.3 Å². The van der Waals surface area contributed by atoms with Crippen molar-refractivity contribution in [1.29, 1.82) is 0 Å². The van der Waals surface area contributed by atoms with Crippen LogP contribution in [0.5, 0.6) is 11.6 Å². The van der Waals surface area contributed by atoms with Gasteiger partial charge < -0.3 is 29.7 Å². The molecule has 6 atom stereocenters. The number of rotatable bonds is 15. The number of alkyl carbamates (subject to hydrolysis) is 1. The molecule has 0 bridgehead atoms. The van der Waals surface area contributed by atoms with Gasteiger partial charge in [0.25, 0.3) is 5.91 Å². The van der Waals surface area contributed by atoms with E-state index in [0.29, 0.717) is 24.0 Å². The first kappa shape index (κ1) is 40.2. The van der Waals surface area contributed by atoms with Gasteiger partial charge in [0.05, 0.1) is 18.9 Å². The number of pyridine rings is 1. The summed E-state index contributed by atoms with van der Waals surface area (Å²) in [7, 11) is -2.39. The number of ether oxygens (including phenoxy) is 3. The van der Waals surface area contributed by atoms with Crippen LogP contribution in [0.4, 0.5) is 4.79 Å². The first-order chi connectivity index (χ1) is 25.4. The summed E-state index contributed by atoms with van der Waals surface area (Å²) in [6, 6.07) is 4.42. The molecule has 3 N–H and O–H groups in total. The number of fused-ring (bicyclic) bond motifs is 1. The number of allylic oxidation sites excluding steroid dienone is 2. The number of Topliss-reactive ketones (excluding diaryl/α,β-unsaturated/α-hetero) is 1. The summed E-state index contributed by atoms with van der Waals surface area (Å²) in [6.07, 6.45) is 5.14. The molecule has 1 aromatic carbocycles. The summed E-state index contributed by atoms with van der Waals surface area (Å²) in [6.45, 7) is 12.0. The molecule has 0 spiro atoms. The second-order valence-electron chi connectivity index (χ2n) is 15.1. The van der Waals surface area contributed by atoms with Gasteiger partial charge in [0.1, 0.15) is 40.9 Å². The number of aromatic nitrogens is 1. The van der Waals surface area contributed by atoms with Gasteiger partial charge in [0.2, 0.25) is 27.7 Å². The van der Waals surface area contributed by atoms with Gasteiger partial charge in [-0.3, -0.25) is 23.9 Å². The van der Waals surface area contributed by atoms with Crippen LogP contribution >= 0.6 is 0 Å². The highest BCUT2D eigenvalue weighted by Crippen LogP contribution is 2.45. The van der Waals surface area contributed by atoms with Crippen molar-refractivity contribution in [2.24, 2.45) is 11.8 Å². The molecule has 3 fully saturated rings. The van der Waals surface area contributed by atoms with E-state index in [2.05, 4.69) is 26.9 Å². The van der Waals surface area contributed by atoms with E-state index in [4.69, 9.17) is 14.2 Å². The molecule has 1 aliphatic heterocycles. The summed E-state index contributed by atoms with van der Waals surface area (Å²) < 4.78 is 44.6. The van der Waals surface area contributed by atoms with Crippen LogP contribution in [0.25, 0.3) is 10.8 Å². The first-order valence-electron chi connectivity index (χ1n) is 18.0. The van der Waals surface area contributed by atoms with Crippen LogP contribution in [-0.2, 0) is 33.9 Å². The quantitative estimate of drug-likeness (QED) is 0.225. The molecule has 54 heavy (non-hydrogen) atoms. The van der Waals surface area contributed by atoms with E-state index in [1.807, 2.05) is 6.07 Å². The van der Waals surface area contributed by atoms with Gasteiger partial charge in [-0.2, -0.15) is 0 Å². The Morgan fingerprint density at radius 2 is 1.87 bits per heavy atom. The van der Waals surface area contributed by atoms with E-state index < -0.39 is 86.7 Å². The van der Waals surface area contributed by atoms with Crippen molar-refractivity contribution in [2.45, 2.75) is 101 Å². The fourth-order valence-corrected chi connectivity index (χ4v) is 7.90. The predicted molar refractivity (Wildman–Crippen MR) is 199 cm³/mol. The molecule has 2 aromatic rings. The third-order valence-electron chi connectivity index (χ3n) is 9.69. The zero-order valence-electron chi connectivity index (χ0n) is 31.4. The van der Waals surface area contributed by atoms with Crippen molar-refractivity contribution in [2.75, 3.05) is 13.7 Å². The minimum Gasteiger partial charge on any atom is -0.497 e. The monoisotopic (exact) mass is 767 g/mol. The molecule has 1 aromatic heterocycles. The van der Waals surface area contributed by atoms with Crippen molar-refractivity contribution < 1.29 is 46.6 Å². The van der Waals surface area contributed by atoms with Crippen molar-refractivity contribution in [3.05, 3.63) is 55.3 Å². The van der Waals surface area contributed by atoms with E-state index in [1.165, 1.54) is 11.0 Å². The molecule has 6 unspecified atom stereocenters. The standard InChI is InChI=1S/C38H49N5O10S/c1-8-10-22(3)31(44)19-29(40-36(48)53-37(4,5)6)34(46)43-21-26(52-33-28-14-11-25(51-7)17-23(28)15-16-39-33)18-30(43)32(45)41-38(20-24(38)9-2)35(47)42-54(49,50)27-12-13-27/h8-11,14-17,22,24,26-27,29-30H,2,12-13,18-21H2,1,3-7H3,(H,40,48)(H,41,45)(H,42,47)/b10-8+. The zero-order chi connectivity index (χ0) is 39.6. The average molecular weight is 768 g/mol. The number of nitrogens with one attached hydrogen (secondary N) is 3. The Morgan fingerprint density at radius 3 is 2.48 bits per heavy atom. The molecular weight excluding hydrogens is 719 g/mol. The lowest BCUT2D eigenvalue weighted by atomic mass is 9.98. The number of benzene rings is 1. The normalized spacial score (nSPS) is 23.6. The van der Waals surface area contributed by atoms with Crippen LogP contribution in [0, 0.1) is 11.8 Å². The predicted octanol–water partition coefficient (Wildman–Crippen LogP) is 3.33. The van der Waals surface area contributed by atoms with Crippen LogP contribution < -0.4 is 24.8 Å². The Bertz CT molecular complexity index is 1960. The number of amides is 4. The number of carbonyl (C=O) groups is 5. The van der Waals surface area contributed by atoms with Gasteiger partial charge in [-0.05, 0) is 76.6 Å². The number of carbonyl (C=O) groups excluding carboxylic acids is 5. The first-order valence-corrected chi connectivity index (χ1v) is 19.5. The van der Waals surface area contributed by atoms with E-state index >= 15 is 0 Å². The number of sulfonamides is 1. The number of hydrogen-bond acceptors (Lipinski definition) is 11. The number of nitrogens with zero attached hydrogens (tertiary/aromatic N) is 2. The minimum atomic E-state index is -3.94. The van der Waals surface area contributed by atoms with Crippen LogP contribution in [0.3, 0.4) is 0 Å². The van der Waals surface area contributed by atoms with Crippen molar-refractivity contribution >= 4 is 50.4 Å². The summed E-state index contributed by atoms with van der Waals surface area (Å²) in [4.78, 5) is 74.2. The molecule has 1 saturated heterocycles. The maximum Gasteiger partial charge on any atom is 0.408 e. The van der Waals surface area contributed by atoms with E-state index in [9.17, 15) is 32.4 Å². The summed E-state index contributed by atoms with van der Waals surface area (Å²) in [5, 5.41) is 6.02. The lowest BCUT2D eigenvalue weighted by molar-refractivity contribution is -0.142. The smallest absolute Gasteiger partial charge is 0.408 e.